The Kier molecular flexibility index (Phi) is 8.87. The molecule has 0 atom stereocenters. The first-order chi connectivity index (χ1) is 7.72. The molecule has 0 aliphatic carbocycles. The fourth-order valence-corrected chi connectivity index (χ4v) is 1.48. The Hall–Kier alpha value is -0.860. The van der Waals surface area contributed by atoms with Gasteiger partial charge in [0.1, 0.15) is 0 Å². The van der Waals surface area contributed by atoms with Gasteiger partial charge in [0.05, 0.1) is 5.69 Å². The SMILES string of the molecule is CC.CCCn1cc(CCCC(C)C)nn1. The summed E-state index contributed by atoms with van der Waals surface area (Å²) < 4.78 is 1.94. The first-order valence-electron chi connectivity index (χ1n) is 6.61. The van der Waals surface area contributed by atoms with Gasteiger partial charge in [0.15, 0.2) is 0 Å². The lowest BCUT2D eigenvalue weighted by atomic mass is 10.1. The Labute approximate surface area is 100 Å². The van der Waals surface area contributed by atoms with Crippen LogP contribution in [-0.2, 0) is 13.0 Å². The molecule has 0 bridgehead atoms. The number of hydrogen-bond acceptors (Lipinski definition) is 2. The number of hydrogen-bond donors (Lipinski definition) is 0. The summed E-state index contributed by atoms with van der Waals surface area (Å²) in [6, 6.07) is 0. The molecule has 0 aliphatic rings. The van der Waals surface area contributed by atoms with Crippen molar-refractivity contribution >= 4 is 0 Å². The molecule has 1 aromatic rings. The first kappa shape index (κ1) is 15.1. The molecule has 0 fully saturated rings. The molecule has 0 saturated heterocycles. The molecule has 0 radical (unpaired) electrons. The van der Waals surface area contributed by atoms with E-state index in [0.717, 1.165) is 31.0 Å². The Morgan fingerprint density at radius 1 is 1.31 bits per heavy atom. The number of aryl methyl sites for hydroxylation is 2. The predicted molar refractivity (Wildman–Crippen MR) is 69.4 cm³/mol. The number of nitrogens with zero attached hydrogens (tertiary/aromatic N) is 3. The van der Waals surface area contributed by atoms with Gasteiger partial charge in [-0.1, -0.05) is 46.3 Å². The van der Waals surface area contributed by atoms with Gasteiger partial charge in [0, 0.05) is 12.7 Å². The van der Waals surface area contributed by atoms with Crippen LogP contribution in [0.15, 0.2) is 6.20 Å². The summed E-state index contributed by atoms with van der Waals surface area (Å²) >= 11 is 0. The Morgan fingerprint density at radius 2 is 2.00 bits per heavy atom. The predicted octanol–water partition coefficient (Wildman–Crippen LogP) is 3.69. The largest absolute Gasteiger partial charge is 0.252 e. The van der Waals surface area contributed by atoms with E-state index in [1.807, 2.05) is 18.5 Å². The van der Waals surface area contributed by atoms with Crippen LogP contribution in [0.25, 0.3) is 0 Å². The van der Waals surface area contributed by atoms with Crippen LogP contribution in [0.2, 0.25) is 0 Å². The Bertz CT molecular complexity index is 253. The van der Waals surface area contributed by atoms with Gasteiger partial charge in [-0.15, -0.1) is 5.10 Å². The smallest absolute Gasteiger partial charge is 0.0827 e. The summed E-state index contributed by atoms with van der Waals surface area (Å²) in [6.45, 7) is 11.7. The fourth-order valence-electron chi connectivity index (χ4n) is 1.48. The number of rotatable bonds is 6. The molecule has 0 amide bonds. The van der Waals surface area contributed by atoms with Gasteiger partial charge in [-0.2, -0.15) is 0 Å². The molecule has 1 rings (SSSR count). The van der Waals surface area contributed by atoms with Gasteiger partial charge in [0.2, 0.25) is 0 Å². The van der Waals surface area contributed by atoms with E-state index in [9.17, 15) is 0 Å². The fraction of sp³-hybridized carbons (Fsp3) is 0.846. The summed E-state index contributed by atoms with van der Waals surface area (Å²) in [5, 5.41) is 8.21. The summed E-state index contributed by atoms with van der Waals surface area (Å²) in [4.78, 5) is 0. The summed E-state index contributed by atoms with van der Waals surface area (Å²) in [5.41, 5.74) is 1.14. The lowest BCUT2D eigenvalue weighted by Gasteiger charge is -2.01. The van der Waals surface area contributed by atoms with Crippen LogP contribution in [0.4, 0.5) is 0 Å². The molecule has 94 valence electrons. The van der Waals surface area contributed by atoms with Crippen LogP contribution in [0, 0.1) is 5.92 Å². The van der Waals surface area contributed by atoms with Crippen LogP contribution < -0.4 is 0 Å². The minimum Gasteiger partial charge on any atom is -0.252 e. The van der Waals surface area contributed by atoms with Crippen molar-refractivity contribution < 1.29 is 0 Å². The molecule has 3 nitrogen and oxygen atoms in total. The summed E-state index contributed by atoms with van der Waals surface area (Å²) in [5.74, 6) is 0.792. The van der Waals surface area contributed by atoms with Crippen molar-refractivity contribution in [2.45, 2.75) is 66.8 Å². The maximum Gasteiger partial charge on any atom is 0.0827 e. The van der Waals surface area contributed by atoms with Crippen molar-refractivity contribution in [1.29, 1.82) is 0 Å². The standard InChI is InChI=1S/C11H21N3.C2H6/c1-4-8-14-9-11(12-13-14)7-5-6-10(2)3;1-2/h9-10H,4-8H2,1-3H3;1-2H3. The second-order valence-corrected chi connectivity index (χ2v) is 4.26. The molecule has 0 aromatic carbocycles. The highest BCUT2D eigenvalue weighted by molar-refractivity contribution is 4.92. The quantitative estimate of drug-likeness (QED) is 0.739. The van der Waals surface area contributed by atoms with E-state index in [2.05, 4.69) is 37.3 Å². The molecular formula is C13H27N3. The normalized spacial score (nSPS) is 10.1. The van der Waals surface area contributed by atoms with Gasteiger partial charge in [-0.05, 0) is 25.2 Å². The minimum absolute atomic E-state index is 0.792. The highest BCUT2D eigenvalue weighted by Crippen LogP contribution is 2.07. The Morgan fingerprint density at radius 3 is 2.56 bits per heavy atom. The molecule has 16 heavy (non-hydrogen) atoms. The van der Waals surface area contributed by atoms with Crippen LogP contribution >= 0.6 is 0 Å². The van der Waals surface area contributed by atoms with Gasteiger partial charge in [-0.25, -0.2) is 0 Å². The van der Waals surface area contributed by atoms with Gasteiger partial charge < -0.3 is 0 Å². The van der Waals surface area contributed by atoms with Crippen LogP contribution in [0.1, 0.15) is 59.6 Å². The lowest BCUT2D eigenvalue weighted by Crippen LogP contribution is -1.96. The molecule has 0 saturated carbocycles. The van der Waals surface area contributed by atoms with Gasteiger partial charge in [0.25, 0.3) is 0 Å². The zero-order chi connectivity index (χ0) is 12.4. The van der Waals surface area contributed by atoms with E-state index in [-0.39, 0.29) is 0 Å². The number of aromatic nitrogens is 3. The third-order valence-corrected chi connectivity index (χ3v) is 2.25. The molecule has 0 unspecified atom stereocenters. The topological polar surface area (TPSA) is 30.7 Å². The Balaban J connectivity index is 0.00000106. The van der Waals surface area contributed by atoms with Gasteiger partial charge >= 0.3 is 0 Å². The van der Waals surface area contributed by atoms with E-state index in [1.165, 1.54) is 12.8 Å². The molecule has 1 aromatic heterocycles. The van der Waals surface area contributed by atoms with Crippen molar-refractivity contribution in [3.63, 3.8) is 0 Å². The van der Waals surface area contributed by atoms with E-state index >= 15 is 0 Å². The lowest BCUT2D eigenvalue weighted by molar-refractivity contribution is 0.552. The van der Waals surface area contributed by atoms with Crippen LogP contribution in [-0.4, -0.2) is 15.0 Å². The maximum absolute atomic E-state index is 4.14. The molecule has 0 N–H and O–H groups in total. The second kappa shape index (κ2) is 9.37. The monoisotopic (exact) mass is 225 g/mol. The maximum atomic E-state index is 4.14. The van der Waals surface area contributed by atoms with Crippen LogP contribution in [0.3, 0.4) is 0 Å². The van der Waals surface area contributed by atoms with Crippen molar-refractivity contribution in [2.24, 2.45) is 5.92 Å². The average Bonchev–Trinajstić information content (AvgIpc) is 2.69. The van der Waals surface area contributed by atoms with Crippen molar-refractivity contribution in [1.82, 2.24) is 15.0 Å². The summed E-state index contributed by atoms with van der Waals surface area (Å²) in [6.07, 6.45) is 6.77. The third-order valence-electron chi connectivity index (χ3n) is 2.25. The molecular weight excluding hydrogens is 198 g/mol. The van der Waals surface area contributed by atoms with E-state index in [0.29, 0.717) is 0 Å². The molecule has 0 spiro atoms. The average molecular weight is 225 g/mol. The third kappa shape index (κ3) is 6.59. The van der Waals surface area contributed by atoms with E-state index in [4.69, 9.17) is 0 Å². The minimum atomic E-state index is 0.792. The van der Waals surface area contributed by atoms with Crippen molar-refractivity contribution in [2.75, 3.05) is 0 Å². The summed E-state index contributed by atoms with van der Waals surface area (Å²) in [7, 11) is 0. The zero-order valence-corrected chi connectivity index (χ0v) is 11.5. The van der Waals surface area contributed by atoms with Crippen molar-refractivity contribution in [3.8, 4) is 0 Å². The molecule has 3 heteroatoms. The molecule has 1 heterocycles. The zero-order valence-electron chi connectivity index (χ0n) is 11.5. The molecule has 0 aliphatic heterocycles. The highest BCUT2D eigenvalue weighted by Gasteiger charge is 2.00. The van der Waals surface area contributed by atoms with E-state index < -0.39 is 0 Å². The second-order valence-electron chi connectivity index (χ2n) is 4.26. The van der Waals surface area contributed by atoms with Crippen LogP contribution in [0.5, 0.6) is 0 Å². The van der Waals surface area contributed by atoms with Crippen molar-refractivity contribution in [3.05, 3.63) is 11.9 Å². The highest BCUT2D eigenvalue weighted by atomic mass is 15.4. The first-order valence-corrected chi connectivity index (χ1v) is 6.61. The van der Waals surface area contributed by atoms with E-state index in [1.54, 1.807) is 0 Å². The van der Waals surface area contributed by atoms with Gasteiger partial charge in [-0.3, -0.25) is 4.68 Å².